The van der Waals surface area contributed by atoms with E-state index in [1.165, 1.54) is 33.4 Å². The second kappa shape index (κ2) is 12.6. The summed E-state index contributed by atoms with van der Waals surface area (Å²) in [5.41, 5.74) is -0.566. The fourth-order valence-corrected chi connectivity index (χ4v) is 9.02. The van der Waals surface area contributed by atoms with Gasteiger partial charge in [0.2, 0.25) is 5.75 Å². The number of ether oxygens (including phenoxy) is 2. The molecule has 0 bridgehead atoms. The van der Waals surface area contributed by atoms with Gasteiger partial charge in [-0.3, -0.25) is 29.1 Å². The summed E-state index contributed by atoms with van der Waals surface area (Å²) in [4.78, 5) is 56.2. The molecule has 2 saturated heterocycles. The summed E-state index contributed by atoms with van der Waals surface area (Å²) in [6, 6.07) is 4.65. The number of phenols is 1. The molecule has 1 saturated carbocycles. The summed E-state index contributed by atoms with van der Waals surface area (Å²) < 4.78 is 51.1. The number of aromatic hydroxyl groups is 1. The van der Waals surface area contributed by atoms with Gasteiger partial charge in [-0.2, -0.15) is 18.2 Å². The van der Waals surface area contributed by atoms with E-state index in [1.807, 2.05) is 0 Å². The van der Waals surface area contributed by atoms with Crippen LogP contribution in [0.3, 0.4) is 0 Å². The number of halogens is 7. The number of allylic oxidation sites excluding steroid dienone is 3. The number of hydrogen-bond acceptors (Lipinski definition) is 9. The molecule has 1 aromatic heterocycles. The zero-order chi connectivity index (χ0) is 36.7. The first-order valence-corrected chi connectivity index (χ1v) is 17.2. The van der Waals surface area contributed by atoms with Crippen LogP contribution in [-0.4, -0.2) is 80.1 Å². The Balaban J connectivity index is 1.44. The molecule has 3 heterocycles. The fraction of sp³-hybridized carbons (Fsp3) is 0.406. The maximum absolute atomic E-state index is 14.2. The van der Waals surface area contributed by atoms with Crippen LogP contribution in [0.1, 0.15) is 24.1 Å². The van der Waals surface area contributed by atoms with Crippen LogP contribution in [-0.2, 0) is 25.4 Å². The monoisotopic (exact) mass is 820 g/mol. The van der Waals surface area contributed by atoms with Crippen molar-refractivity contribution in [1.29, 1.82) is 0 Å². The van der Waals surface area contributed by atoms with Gasteiger partial charge in [-0.1, -0.05) is 51.3 Å². The number of carbonyl (C=O) groups is 4. The van der Waals surface area contributed by atoms with E-state index in [9.17, 15) is 37.5 Å². The number of imide groups is 2. The third-order valence-corrected chi connectivity index (χ3v) is 12.0. The number of nitrogens with zero attached hydrogens (tertiary/aromatic N) is 4. The number of hydrogen-bond donors (Lipinski definition) is 1. The SMILES string of the molecule is COc1cc(C=C[C@H]2C3=CC[C@@H]4C(=O)N(N(C)c5nc(C(F)(F)F)ccc5Cl)C(=O)[C@@H]4[C@@H]3C[C@@]3(Cl)C(=O)N(CBr)C(=O)[C@@]23Cl)cc(OC)c1O. The van der Waals surface area contributed by atoms with Gasteiger partial charge in [-0.15, -0.1) is 23.2 Å². The van der Waals surface area contributed by atoms with Crippen LogP contribution in [0.15, 0.2) is 42.0 Å². The molecule has 4 amide bonds. The van der Waals surface area contributed by atoms with Crippen LogP contribution in [0.2, 0.25) is 5.02 Å². The first-order valence-electron chi connectivity index (χ1n) is 14.9. The Kier molecular flexibility index (Phi) is 9.14. The molecule has 2 aromatic rings. The number of amides is 4. The van der Waals surface area contributed by atoms with E-state index < -0.39 is 74.7 Å². The summed E-state index contributed by atoms with van der Waals surface area (Å²) in [6.45, 7) is 0. The second-order valence-electron chi connectivity index (χ2n) is 12.2. The molecule has 6 rings (SSSR count). The van der Waals surface area contributed by atoms with Crippen molar-refractivity contribution in [2.24, 2.45) is 23.7 Å². The molecule has 0 radical (unpaired) electrons. The largest absolute Gasteiger partial charge is 0.502 e. The Morgan fingerprint density at radius 3 is 2.30 bits per heavy atom. The summed E-state index contributed by atoms with van der Waals surface area (Å²) in [5, 5.41) is 11.7. The lowest BCUT2D eigenvalue weighted by atomic mass is 9.57. The van der Waals surface area contributed by atoms with Gasteiger partial charge < -0.3 is 14.6 Å². The van der Waals surface area contributed by atoms with Crippen molar-refractivity contribution >= 4 is 86.3 Å². The zero-order valence-electron chi connectivity index (χ0n) is 26.3. The number of benzene rings is 1. The van der Waals surface area contributed by atoms with E-state index in [0.717, 1.165) is 16.0 Å². The normalized spacial score (nSPS) is 29.3. The van der Waals surface area contributed by atoms with E-state index in [4.69, 9.17) is 44.3 Å². The summed E-state index contributed by atoms with van der Waals surface area (Å²) >= 11 is 23.7. The molecular formula is C32H27BrCl3F3N4O7. The number of rotatable bonds is 7. The predicted molar refractivity (Wildman–Crippen MR) is 179 cm³/mol. The topological polar surface area (TPSA) is 130 Å². The lowest BCUT2D eigenvalue weighted by molar-refractivity contribution is -0.142. The number of anilines is 1. The van der Waals surface area contributed by atoms with Crippen molar-refractivity contribution in [2.45, 2.75) is 28.8 Å². The standard InChI is InChI=1S/C32H27BrCl3F3N4O7/c1-41(25-19(34)8-9-22(40-25)32(37,38)39)43-26(45)16-6-5-15-17(23(16)27(43)46)12-30(35)28(47)42(13-33)29(48)31(30,36)18(15)7-4-14-10-20(49-2)24(44)21(11-14)50-3/h4-5,7-11,16-18,23,44H,6,12-13H2,1-3H3/t16-,17+,18-,23-,30+,31-/m0/s1. The average Bonchev–Trinajstić information content (AvgIpc) is 3.41. The summed E-state index contributed by atoms with van der Waals surface area (Å²) in [5.74, 6) is -7.71. The minimum atomic E-state index is -4.83. The van der Waals surface area contributed by atoms with Gasteiger partial charge in [0.1, 0.15) is 5.69 Å². The Morgan fingerprint density at radius 1 is 1.08 bits per heavy atom. The highest BCUT2D eigenvalue weighted by Gasteiger charge is 2.75. The van der Waals surface area contributed by atoms with Crippen LogP contribution < -0.4 is 14.5 Å². The minimum absolute atomic E-state index is 0.00686. The number of methoxy groups -OCH3 is 2. The van der Waals surface area contributed by atoms with E-state index in [1.54, 1.807) is 18.2 Å². The number of pyridine rings is 1. The highest BCUT2D eigenvalue weighted by molar-refractivity contribution is 9.09. The Hall–Kier alpha value is -3.53. The molecular weight excluding hydrogens is 796 g/mol. The third kappa shape index (κ3) is 5.17. The van der Waals surface area contributed by atoms with Crippen LogP contribution in [0, 0.1) is 23.7 Å². The van der Waals surface area contributed by atoms with Gasteiger partial charge in [0.05, 0.1) is 36.5 Å². The van der Waals surface area contributed by atoms with E-state index >= 15 is 0 Å². The van der Waals surface area contributed by atoms with Gasteiger partial charge in [0.15, 0.2) is 27.1 Å². The molecule has 266 valence electrons. The van der Waals surface area contributed by atoms with Crippen molar-refractivity contribution < 1.29 is 46.9 Å². The number of phenolic OH excluding ortho intramolecular Hbond substituents is 1. The van der Waals surface area contributed by atoms with Crippen LogP contribution in [0.5, 0.6) is 17.2 Å². The quantitative estimate of drug-likeness (QED) is 0.160. The molecule has 18 heteroatoms. The summed E-state index contributed by atoms with van der Waals surface area (Å²) in [7, 11) is 3.89. The van der Waals surface area contributed by atoms with Gasteiger partial charge in [0.25, 0.3) is 23.6 Å². The number of fused-ring (bicyclic) bond motifs is 4. The Morgan fingerprint density at radius 2 is 1.72 bits per heavy atom. The van der Waals surface area contributed by atoms with Crippen LogP contribution >= 0.6 is 50.7 Å². The molecule has 50 heavy (non-hydrogen) atoms. The van der Waals surface area contributed by atoms with Crippen molar-refractivity contribution in [2.75, 3.05) is 31.7 Å². The first kappa shape index (κ1) is 36.3. The molecule has 4 aliphatic rings. The summed E-state index contributed by atoms with van der Waals surface area (Å²) in [6.07, 6.45) is -0.296. The fourth-order valence-electron chi connectivity index (χ4n) is 7.41. The van der Waals surface area contributed by atoms with Gasteiger partial charge in [0, 0.05) is 13.0 Å². The smallest absolute Gasteiger partial charge is 0.433 e. The highest BCUT2D eigenvalue weighted by Crippen LogP contribution is 2.63. The number of hydrazine groups is 1. The molecule has 0 unspecified atom stereocenters. The molecule has 2 aliphatic carbocycles. The molecule has 11 nitrogen and oxygen atoms in total. The van der Waals surface area contributed by atoms with Crippen LogP contribution in [0.25, 0.3) is 6.08 Å². The average molecular weight is 823 g/mol. The van der Waals surface area contributed by atoms with Crippen molar-refractivity contribution in [3.8, 4) is 17.2 Å². The Labute approximate surface area is 306 Å². The molecule has 1 aromatic carbocycles. The minimum Gasteiger partial charge on any atom is -0.502 e. The number of aromatic nitrogens is 1. The van der Waals surface area contributed by atoms with E-state index in [-0.39, 0.29) is 40.6 Å². The zero-order valence-corrected chi connectivity index (χ0v) is 30.2. The lowest BCUT2D eigenvalue weighted by Gasteiger charge is -2.49. The lowest BCUT2D eigenvalue weighted by Crippen LogP contribution is -2.60. The molecule has 0 spiro atoms. The van der Waals surface area contributed by atoms with Gasteiger partial charge in [-0.25, -0.2) is 4.98 Å². The van der Waals surface area contributed by atoms with Crippen molar-refractivity contribution in [3.05, 3.63) is 58.3 Å². The number of alkyl halides is 6. The first-order chi connectivity index (χ1) is 23.5. The number of likely N-dealkylation sites (tertiary alicyclic amines) is 1. The highest BCUT2D eigenvalue weighted by atomic mass is 79.9. The van der Waals surface area contributed by atoms with E-state index in [2.05, 4.69) is 20.9 Å². The van der Waals surface area contributed by atoms with Crippen LogP contribution in [0.4, 0.5) is 19.0 Å². The molecule has 2 aliphatic heterocycles. The number of carbonyl (C=O) groups excluding carboxylic acids is 4. The molecule has 1 N–H and O–H groups in total. The maximum atomic E-state index is 14.2. The molecule has 6 atom stereocenters. The van der Waals surface area contributed by atoms with Gasteiger partial charge >= 0.3 is 6.18 Å². The predicted octanol–water partition coefficient (Wildman–Crippen LogP) is 5.79. The second-order valence-corrected chi connectivity index (χ2v) is 14.3. The van der Waals surface area contributed by atoms with Crippen molar-refractivity contribution in [3.63, 3.8) is 0 Å². The Bertz CT molecular complexity index is 1870. The van der Waals surface area contributed by atoms with E-state index in [0.29, 0.717) is 22.2 Å². The van der Waals surface area contributed by atoms with Crippen molar-refractivity contribution in [1.82, 2.24) is 14.9 Å². The third-order valence-electron chi connectivity index (χ3n) is 9.76. The van der Waals surface area contributed by atoms with Gasteiger partial charge in [-0.05, 0) is 48.6 Å². The molecule has 3 fully saturated rings. The maximum Gasteiger partial charge on any atom is 0.433 e.